The van der Waals surface area contributed by atoms with Crippen LogP contribution < -0.4 is 4.57 Å². The molecule has 0 spiro atoms. The van der Waals surface area contributed by atoms with Crippen molar-refractivity contribution in [3.63, 3.8) is 0 Å². The molecule has 0 N–H and O–H groups in total. The van der Waals surface area contributed by atoms with Gasteiger partial charge in [-0.15, -0.1) is 0 Å². The van der Waals surface area contributed by atoms with Crippen molar-refractivity contribution in [1.29, 1.82) is 0 Å². The highest BCUT2D eigenvalue weighted by Crippen LogP contribution is 2.69. The molecule has 1 aromatic heterocycles. The minimum absolute atomic E-state index is 0.280. The number of nitrogens with zero attached hydrogens (tertiary/aromatic N) is 3. The predicted octanol–water partition coefficient (Wildman–Crippen LogP) is 3.06. The summed E-state index contributed by atoms with van der Waals surface area (Å²) in [5.41, 5.74) is 1.72. The normalized spacial score (nSPS) is 36.7. The van der Waals surface area contributed by atoms with E-state index in [1.807, 2.05) is 10.7 Å². The van der Waals surface area contributed by atoms with Crippen molar-refractivity contribution < 1.29 is 9.30 Å². The third-order valence-corrected chi connectivity index (χ3v) is 7.21. The van der Waals surface area contributed by atoms with Crippen molar-refractivity contribution in [1.82, 2.24) is 9.78 Å². The average molecular weight is 310 g/mol. The Morgan fingerprint density at radius 2 is 2.00 bits per heavy atom. The molecule has 4 nitrogen and oxygen atoms in total. The van der Waals surface area contributed by atoms with Gasteiger partial charge in [0.15, 0.2) is 0 Å². The minimum Gasteiger partial charge on any atom is -0.363 e. The number of rotatable bonds is 1. The highest BCUT2D eigenvalue weighted by molar-refractivity contribution is 5.29. The van der Waals surface area contributed by atoms with Gasteiger partial charge in [0.25, 0.3) is 0 Å². The standard InChI is InChI=1S/C19H24N3O/c1-18(2)14-9-10-19(18,3)17-16(14)21-12-22(20-15(21)11-23-17)13-7-5-4-6-8-13/h4-8,12,14,16-17H,9-11H2,1-3H3/q+1/t14-,16+,17+,19+/m1/s1. The van der Waals surface area contributed by atoms with Gasteiger partial charge in [-0.05, 0) is 30.4 Å². The van der Waals surface area contributed by atoms with E-state index in [0.717, 1.165) is 11.5 Å². The maximum Gasteiger partial charge on any atom is 0.304 e. The molecule has 0 saturated heterocycles. The molecule has 120 valence electrons. The molecule has 2 bridgehead atoms. The second-order valence-corrected chi connectivity index (χ2v) is 8.23. The van der Waals surface area contributed by atoms with Gasteiger partial charge < -0.3 is 4.74 Å². The molecule has 2 aromatic rings. The summed E-state index contributed by atoms with van der Waals surface area (Å²) in [6.45, 7) is 7.94. The van der Waals surface area contributed by atoms with Crippen molar-refractivity contribution in [2.75, 3.05) is 0 Å². The summed E-state index contributed by atoms with van der Waals surface area (Å²) >= 11 is 0. The van der Waals surface area contributed by atoms with Crippen LogP contribution in [0, 0.1) is 16.7 Å². The molecule has 5 rings (SSSR count). The summed E-state index contributed by atoms with van der Waals surface area (Å²) in [6, 6.07) is 10.8. The van der Waals surface area contributed by atoms with Crippen molar-refractivity contribution in [3.05, 3.63) is 42.5 Å². The fourth-order valence-corrected chi connectivity index (χ4v) is 5.49. The van der Waals surface area contributed by atoms with E-state index in [-0.39, 0.29) is 5.41 Å². The monoisotopic (exact) mass is 310 g/mol. The number of hydrogen-bond acceptors (Lipinski definition) is 2. The molecular formula is C19H24N3O+. The van der Waals surface area contributed by atoms with Crippen LogP contribution in [0.25, 0.3) is 5.69 Å². The van der Waals surface area contributed by atoms with E-state index in [1.54, 1.807) is 0 Å². The van der Waals surface area contributed by atoms with E-state index in [9.17, 15) is 0 Å². The molecule has 3 aliphatic rings. The smallest absolute Gasteiger partial charge is 0.304 e. The molecule has 4 heteroatoms. The lowest BCUT2D eigenvalue weighted by atomic mass is 9.70. The maximum absolute atomic E-state index is 6.35. The zero-order valence-corrected chi connectivity index (χ0v) is 14.1. The number of aromatic nitrogens is 3. The lowest BCUT2D eigenvalue weighted by Crippen LogP contribution is -2.56. The Morgan fingerprint density at radius 1 is 1.22 bits per heavy atom. The number of hydrogen-bond donors (Lipinski definition) is 0. The Hall–Kier alpha value is -1.68. The second-order valence-electron chi connectivity index (χ2n) is 8.23. The van der Waals surface area contributed by atoms with Gasteiger partial charge in [-0.25, -0.2) is 4.57 Å². The molecule has 4 atom stereocenters. The van der Waals surface area contributed by atoms with E-state index in [1.165, 1.54) is 12.8 Å². The Kier molecular flexibility index (Phi) is 2.53. The predicted molar refractivity (Wildman–Crippen MR) is 86.0 cm³/mol. The molecule has 2 saturated carbocycles. The van der Waals surface area contributed by atoms with Crippen LogP contribution in [0.1, 0.15) is 45.5 Å². The molecule has 2 aliphatic carbocycles. The van der Waals surface area contributed by atoms with Gasteiger partial charge in [-0.1, -0.05) is 43.7 Å². The fraction of sp³-hybridized carbons (Fsp3) is 0.579. The van der Waals surface area contributed by atoms with Gasteiger partial charge in [0.1, 0.15) is 18.3 Å². The van der Waals surface area contributed by atoms with Crippen LogP contribution >= 0.6 is 0 Å². The lowest BCUT2D eigenvalue weighted by molar-refractivity contribution is -0.756. The Morgan fingerprint density at radius 3 is 2.78 bits per heavy atom. The molecule has 0 unspecified atom stereocenters. The van der Waals surface area contributed by atoms with E-state index in [0.29, 0.717) is 30.1 Å². The van der Waals surface area contributed by atoms with E-state index >= 15 is 0 Å². The van der Waals surface area contributed by atoms with E-state index in [4.69, 9.17) is 9.84 Å². The van der Waals surface area contributed by atoms with E-state index in [2.05, 4.69) is 55.9 Å². The van der Waals surface area contributed by atoms with Crippen LogP contribution in [0.15, 0.2) is 36.7 Å². The van der Waals surface area contributed by atoms with Crippen LogP contribution in [0.3, 0.4) is 0 Å². The lowest BCUT2D eigenvalue weighted by Gasteiger charge is -2.40. The highest BCUT2D eigenvalue weighted by atomic mass is 16.5. The van der Waals surface area contributed by atoms with Crippen molar-refractivity contribution in [2.45, 2.75) is 52.4 Å². The van der Waals surface area contributed by atoms with Gasteiger partial charge >= 0.3 is 5.82 Å². The molecule has 2 fully saturated rings. The molecule has 1 aliphatic heterocycles. The van der Waals surface area contributed by atoms with Gasteiger partial charge in [-0.3, -0.25) is 0 Å². The highest BCUT2D eigenvalue weighted by Gasteiger charge is 2.69. The maximum atomic E-state index is 6.35. The van der Waals surface area contributed by atoms with Gasteiger partial charge in [0.05, 0.1) is 6.10 Å². The van der Waals surface area contributed by atoms with Crippen molar-refractivity contribution in [3.8, 4) is 5.69 Å². The molecule has 23 heavy (non-hydrogen) atoms. The average Bonchev–Trinajstić information content (AvgIpc) is 3.13. The minimum atomic E-state index is 0.280. The SMILES string of the molecule is CC1(C)[C@@H]2CC[C@@]1(C)[C@H]1OCc3nn(-c4ccccc4)c[n+]3[C@@H]21. The number of benzene rings is 1. The van der Waals surface area contributed by atoms with Crippen molar-refractivity contribution >= 4 is 0 Å². The van der Waals surface area contributed by atoms with Crippen LogP contribution in [-0.2, 0) is 11.3 Å². The van der Waals surface area contributed by atoms with Gasteiger partial charge in [0, 0.05) is 16.4 Å². The zero-order chi connectivity index (χ0) is 15.8. The Labute approximate surface area is 137 Å². The van der Waals surface area contributed by atoms with Crippen LogP contribution in [0.4, 0.5) is 0 Å². The summed E-state index contributed by atoms with van der Waals surface area (Å²) in [4.78, 5) is 0. The fourth-order valence-electron chi connectivity index (χ4n) is 5.49. The van der Waals surface area contributed by atoms with Gasteiger partial charge in [-0.2, -0.15) is 0 Å². The molecular weight excluding hydrogens is 286 g/mol. The number of fused-ring (bicyclic) bond motifs is 7. The summed E-state index contributed by atoms with van der Waals surface area (Å²) in [5, 5.41) is 4.79. The third kappa shape index (κ3) is 1.55. The topological polar surface area (TPSA) is 30.9 Å². The van der Waals surface area contributed by atoms with Crippen LogP contribution in [0.2, 0.25) is 0 Å². The van der Waals surface area contributed by atoms with Crippen LogP contribution in [-0.4, -0.2) is 15.9 Å². The van der Waals surface area contributed by atoms with Crippen LogP contribution in [0.5, 0.6) is 0 Å². The zero-order valence-electron chi connectivity index (χ0n) is 14.1. The molecule has 1 aromatic carbocycles. The largest absolute Gasteiger partial charge is 0.363 e. The molecule has 0 amide bonds. The molecule has 0 radical (unpaired) electrons. The number of para-hydroxylation sites is 1. The van der Waals surface area contributed by atoms with E-state index < -0.39 is 0 Å². The molecule has 2 heterocycles. The second kappa shape index (κ2) is 4.23. The Bertz CT molecular complexity index is 766. The first kappa shape index (κ1) is 13.7. The Balaban J connectivity index is 1.62. The summed E-state index contributed by atoms with van der Waals surface area (Å²) < 4.78 is 10.8. The summed E-state index contributed by atoms with van der Waals surface area (Å²) in [6.07, 6.45) is 5.10. The first-order valence-corrected chi connectivity index (χ1v) is 8.69. The summed E-state index contributed by atoms with van der Waals surface area (Å²) in [7, 11) is 0. The first-order valence-electron chi connectivity index (χ1n) is 8.69. The first-order chi connectivity index (χ1) is 11.0. The van der Waals surface area contributed by atoms with Crippen molar-refractivity contribution in [2.24, 2.45) is 16.7 Å². The van der Waals surface area contributed by atoms with Gasteiger partial charge in [0.2, 0.25) is 6.33 Å². The summed E-state index contributed by atoms with van der Waals surface area (Å²) in [5.74, 6) is 1.73. The number of ether oxygens (including phenoxy) is 1. The quantitative estimate of drug-likeness (QED) is 0.758. The third-order valence-electron chi connectivity index (χ3n) is 7.21.